The lowest BCUT2D eigenvalue weighted by Gasteiger charge is -2.24. The Balaban J connectivity index is 1.85. The van der Waals surface area contributed by atoms with Gasteiger partial charge in [0.2, 0.25) is 0 Å². The van der Waals surface area contributed by atoms with Crippen LogP contribution < -0.4 is 10.1 Å². The van der Waals surface area contributed by atoms with Gasteiger partial charge in [0.25, 0.3) is 5.91 Å². The number of carbonyl (C=O) groups excluding carboxylic acids is 1. The van der Waals surface area contributed by atoms with Gasteiger partial charge in [0.05, 0.1) is 18.4 Å². The lowest BCUT2D eigenvalue weighted by Crippen LogP contribution is -2.19. The van der Waals surface area contributed by atoms with Crippen molar-refractivity contribution in [2.45, 2.75) is 25.2 Å². The van der Waals surface area contributed by atoms with Crippen molar-refractivity contribution >= 4 is 23.4 Å². The van der Waals surface area contributed by atoms with Crippen molar-refractivity contribution in [1.82, 2.24) is 0 Å². The standard InChI is InChI=1S/C19H21NO3S/c1-2-24-12-13-6-3-4-7-14(13)19(22)20-16-9-5-8-15-17(21)10-11-23-18(15)16/h3-9,17,21H,2,10-12H2,1H3,(H,20,22)/t17-/m0/s1. The van der Waals surface area contributed by atoms with Crippen LogP contribution in [0.4, 0.5) is 5.69 Å². The molecule has 0 saturated carbocycles. The topological polar surface area (TPSA) is 58.6 Å². The van der Waals surface area contributed by atoms with Gasteiger partial charge in [-0.2, -0.15) is 11.8 Å². The van der Waals surface area contributed by atoms with Crippen LogP contribution >= 0.6 is 11.8 Å². The predicted molar refractivity (Wildman–Crippen MR) is 97.7 cm³/mol. The third-order valence-corrected chi connectivity index (χ3v) is 4.94. The molecule has 126 valence electrons. The molecule has 4 nitrogen and oxygen atoms in total. The van der Waals surface area contributed by atoms with Crippen LogP contribution in [0.25, 0.3) is 0 Å². The smallest absolute Gasteiger partial charge is 0.256 e. The molecule has 1 atom stereocenters. The number of aliphatic hydroxyl groups is 1. The molecule has 2 N–H and O–H groups in total. The first-order valence-corrected chi connectivity index (χ1v) is 9.27. The van der Waals surface area contributed by atoms with Gasteiger partial charge < -0.3 is 15.2 Å². The molecule has 0 spiro atoms. The number of hydrogen-bond donors (Lipinski definition) is 2. The van der Waals surface area contributed by atoms with Crippen LogP contribution in [0.3, 0.4) is 0 Å². The van der Waals surface area contributed by atoms with Gasteiger partial charge in [-0.1, -0.05) is 37.3 Å². The van der Waals surface area contributed by atoms with Crippen molar-refractivity contribution in [2.75, 3.05) is 17.7 Å². The molecule has 3 rings (SSSR count). The van der Waals surface area contributed by atoms with Gasteiger partial charge in [0.1, 0.15) is 5.75 Å². The molecule has 0 bridgehead atoms. The monoisotopic (exact) mass is 343 g/mol. The first-order valence-electron chi connectivity index (χ1n) is 8.11. The van der Waals surface area contributed by atoms with Gasteiger partial charge in [0.15, 0.2) is 0 Å². The van der Waals surface area contributed by atoms with E-state index < -0.39 is 6.10 Å². The Bertz CT molecular complexity index is 732. The number of rotatable bonds is 5. The molecular weight excluding hydrogens is 322 g/mol. The largest absolute Gasteiger partial charge is 0.491 e. The summed E-state index contributed by atoms with van der Waals surface area (Å²) in [6.07, 6.45) is 0.0282. The van der Waals surface area contributed by atoms with Crippen molar-refractivity contribution in [3.8, 4) is 5.75 Å². The van der Waals surface area contributed by atoms with Crippen molar-refractivity contribution in [3.05, 3.63) is 59.2 Å². The molecule has 2 aromatic carbocycles. The second-order valence-corrected chi connectivity index (χ2v) is 6.90. The first-order chi connectivity index (χ1) is 11.7. The maximum Gasteiger partial charge on any atom is 0.256 e. The van der Waals surface area contributed by atoms with Gasteiger partial charge in [-0.15, -0.1) is 0 Å². The maximum absolute atomic E-state index is 12.7. The summed E-state index contributed by atoms with van der Waals surface area (Å²) < 4.78 is 5.68. The van der Waals surface area contributed by atoms with Crippen LogP contribution in [-0.4, -0.2) is 23.4 Å². The molecule has 1 aliphatic heterocycles. The number of fused-ring (bicyclic) bond motifs is 1. The van der Waals surface area contributed by atoms with E-state index in [4.69, 9.17) is 4.74 Å². The molecule has 0 aromatic heterocycles. The average Bonchev–Trinajstić information content (AvgIpc) is 2.61. The van der Waals surface area contributed by atoms with Gasteiger partial charge in [-0.05, 0) is 23.4 Å². The zero-order valence-corrected chi connectivity index (χ0v) is 14.4. The summed E-state index contributed by atoms with van der Waals surface area (Å²) >= 11 is 1.78. The fourth-order valence-corrected chi connectivity index (χ4v) is 3.45. The highest BCUT2D eigenvalue weighted by Crippen LogP contribution is 2.38. The van der Waals surface area contributed by atoms with Crippen molar-refractivity contribution in [3.63, 3.8) is 0 Å². The van der Waals surface area contributed by atoms with Crippen molar-refractivity contribution in [1.29, 1.82) is 0 Å². The van der Waals surface area contributed by atoms with E-state index in [0.717, 1.165) is 22.6 Å². The Labute approximate surface area is 146 Å². The van der Waals surface area contributed by atoms with Crippen molar-refractivity contribution < 1.29 is 14.6 Å². The predicted octanol–water partition coefficient (Wildman–Crippen LogP) is 4.01. The average molecular weight is 343 g/mol. The Hall–Kier alpha value is -1.98. The van der Waals surface area contributed by atoms with E-state index in [2.05, 4.69) is 12.2 Å². The number of hydrogen-bond acceptors (Lipinski definition) is 4. The van der Waals surface area contributed by atoms with E-state index in [1.54, 1.807) is 17.8 Å². The van der Waals surface area contributed by atoms with Crippen LogP contribution in [0.15, 0.2) is 42.5 Å². The second kappa shape index (κ2) is 7.73. The fourth-order valence-electron chi connectivity index (χ4n) is 2.77. The van der Waals surface area contributed by atoms with E-state index in [1.807, 2.05) is 36.4 Å². The van der Waals surface area contributed by atoms with Gasteiger partial charge in [-0.3, -0.25) is 4.79 Å². The van der Waals surface area contributed by atoms with E-state index in [-0.39, 0.29) is 5.91 Å². The molecule has 0 saturated heterocycles. The molecule has 24 heavy (non-hydrogen) atoms. The number of para-hydroxylation sites is 1. The lowest BCUT2D eigenvalue weighted by atomic mass is 10.0. The van der Waals surface area contributed by atoms with E-state index in [1.165, 1.54) is 0 Å². The summed E-state index contributed by atoms with van der Waals surface area (Å²) in [6, 6.07) is 13.1. The SMILES string of the molecule is CCSCc1ccccc1C(=O)Nc1cccc2c1OCC[C@@H]2O. The normalized spacial score (nSPS) is 16.2. The minimum Gasteiger partial charge on any atom is -0.491 e. The number of ether oxygens (including phenoxy) is 1. The lowest BCUT2D eigenvalue weighted by molar-refractivity contribution is 0.102. The Morgan fingerprint density at radius 1 is 1.29 bits per heavy atom. The molecular formula is C19H21NO3S. The number of benzene rings is 2. The molecule has 0 unspecified atom stereocenters. The number of amides is 1. The minimum atomic E-state index is -0.543. The molecule has 5 heteroatoms. The van der Waals surface area contributed by atoms with Gasteiger partial charge >= 0.3 is 0 Å². The van der Waals surface area contributed by atoms with Crippen LogP contribution in [0, 0.1) is 0 Å². The first kappa shape index (κ1) is 16.9. The Morgan fingerprint density at radius 3 is 2.96 bits per heavy atom. The zero-order valence-electron chi connectivity index (χ0n) is 13.6. The highest BCUT2D eigenvalue weighted by molar-refractivity contribution is 7.98. The molecule has 1 heterocycles. The summed E-state index contributed by atoms with van der Waals surface area (Å²) in [5.41, 5.74) is 3.03. The molecule has 1 aliphatic rings. The molecule has 0 aliphatic carbocycles. The van der Waals surface area contributed by atoms with E-state index in [9.17, 15) is 9.90 Å². The van der Waals surface area contributed by atoms with Crippen LogP contribution in [0.1, 0.15) is 40.9 Å². The molecule has 0 radical (unpaired) electrons. The summed E-state index contributed by atoms with van der Waals surface area (Å²) in [7, 11) is 0. The minimum absolute atomic E-state index is 0.153. The Kier molecular flexibility index (Phi) is 5.43. The Morgan fingerprint density at radius 2 is 2.12 bits per heavy atom. The van der Waals surface area contributed by atoms with Crippen LogP contribution in [-0.2, 0) is 5.75 Å². The number of carbonyl (C=O) groups is 1. The number of thioether (sulfide) groups is 1. The van der Waals surface area contributed by atoms with E-state index in [0.29, 0.717) is 30.0 Å². The highest BCUT2D eigenvalue weighted by atomic mass is 32.2. The summed E-state index contributed by atoms with van der Waals surface area (Å²) in [4.78, 5) is 12.7. The number of aliphatic hydroxyl groups excluding tert-OH is 1. The summed E-state index contributed by atoms with van der Waals surface area (Å²) in [6.45, 7) is 2.55. The maximum atomic E-state index is 12.7. The van der Waals surface area contributed by atoms with Crippen LogP contribution in [0.5, 0.6) is 5.75 Å². The van der Waals surface area contributed by atoms with Crippen molar-refractivity contribution in [2.24, 2.45) is 0 Å². The van der Waals surface area contributed by atoms with E-state index >= 15 is 0 Å². The third-order valence-electron chi connectivity index (χ3n) is 4.01. The quantitative estimate of drug-likeness (QED) is 0.861. The molecule has 1 amide bonds. The fraction of sp³-hybridized carbons (Fsp3) is 0.316. The second-order valence-electron chi connectivity index (χ2n) is 5.63. The zero-order chi connectivity index (χ0) is 16.9. The molecule has 2 aromatic rings. The number of nitrogens with one attached hydrogen (secondary N) is 1. The summed E-state index contributed by atoms with van der Waals surface area (Å²) in [5.74, 6) is 2.24. The third kappa shape index (κ3) is 3.57. The van der Waals surface area contributed by atoms with Gasteiger partial charge in [-0.25, -0.2) is 0 Å². The molecule has 0 fully saturated rings. The number of anilines is 1. The highest BCUT2D eigenvalue weighted by Gasteiger charge is 2.23. The van der Waals surface area contributed by atoms with Crippen LogP contribution in [0.2, 0.25) is 0 Å². The van der Waals surface area contributed by atoms with Gasteiger partial charge in [0, 0.05) is 23.3 Å². The summed E-state index contributed by atoms with van der Waals surface area (Å²) in [5, 5.41) is 13.0.